The van der Waals surface area contributed by atoms with E-state index < -0.39 is 5.97 Å². The van der Waals surface area contributed by atoms with E-state index in [-0.39, 0.29) is 18.2 Å². The number of likely N-dealkylation sites (N-methyl/N-ethyl adjacent to an activating group) is 1. The van der Waals surface area contributed by atoms with E-state index in [1.165, 1.54) is 11.3 Å². The van der Waals surface area contributed by atoms with Gasteiger partial charge in [-0.25, -0.2) is 9.78 Å². The van der Waals surface area contributed by atoms with Gasteiger partial charge in [0, 0.05) is 29.4 Å². The van der Waals surface area contributed by atoms with E-state index >= 15 is 0 Å². The Labute approximate surface area is 143 Å². The van der Waals surface area contributed by atoms with Crippen molar-refractivity contribution in [2.75, 3.05) is 19.7 Å². The van der Waals surface area contributed by atoms with Gasteiger partial charge in [0.05, 0.1) is 0 Å². The van der Waals surface area contributed by atoms with Gasteiger partial charge in [0.25, 0.3) is 5.91 Å². The van der Waals surface area contributed by atoms with Crippen molar-refractivity contribution < 1.29 is 14.3 Å². The van der Waals surface area contributed by atoms with Gasteiger partial charge >= 0.3 is 5.97 Å². The number of amides is 1. The maximum absolute atomic E-state index is 12.0. The highest BCUT2D eigenvalue weighted by Gasteiger charge is 2.17. The molecule has 0 aliphatic rings. The molecular formula is C16H18N2O3S2. The molecule has 2 aromatic rings. The monoisotopic (exact) mass is 350 g/mol. The molecule has 7 heteroatoms. The van der Waals surface area contributed by atoms with E-state index in [4.69, 9.17) is 4.74 Å². The van der Waals surface area contributed by atoms with Crippen LogP contribution >= 0.6 is 22.7 Å². The molecule has 0 aromatic carbocycles. The molecular weight excluding hydrogens is 332 g/mol. The molecule has 0 fully saturated rings. The van der Waals surface area contributed by atoms with E-state index in [1.807, 2.05) is 30.7 Å². The summed E-state index contributed by atoms with van der Waals surface area (Å²) in [5.74, 6) is -0.820. The Morgan fingerprint density at radius 3 is 2.78 bits per heavy atom. The lowest BCUT2D eigenvalue weighted by atomic mass is 10.3. The number of nitrogens with zero attached hydrogens (tertiary/aromatic N) is 2. The molecule has 0 radical (unpaired) electrons. The zero-order valence-electron chi connectivity index (χ0n) is 13.1. The number of rotatable bonds is 7. The van der Waals surface area contributed by atoms with Crippen molar-refractivity contribution in [2.45, 2.75) is 13.8 Å². The third-order valence-corrected chi connectivity index (χ3v) is 4.58. The second kappa shape index (κ2) is 8.03. The zero-order chi connectivity index (χ0) is 16.8. The first-order valence-corrected chi connectivity index (χ1v) is 8.91. The second-order valence-electron chi connectivity index (χ2n) is 4.99. The summed E-state index contributed by atoms with van der Waals surface area (Å²) in [6.45, 7) is 8.23. The summed E-state index contributed by atoms with van der Waals surface area (Å²) in [6, 6.07) is 1.94. The molecule has 1 amide bonds. The largest absolute Gasteiger partial charge is 0.451 e. The SMILES string of the molecule is C=C(C)CN(CC)C(=O)COC(=O)c1csc(-c2ccsc2)n1. The van der Waals surface area contributed by atoms with Gasteiger partial charge in [-0.1, -0.05) is 12.2 Å². The summed E-state index contributed by atoms with van der Waals surface area (Å²) in [7, 11) is 0. The molecule has 5 nitrogen and oxygen atoms in total. The average Bonchev–Trinajstić information content (AvgIpc) is 3.19. The van der Waals surface area contributed by atoms with Crippen LogP contribution in [0.25, 0.3) is 10.6 Å². The Bertz CT molecular complexity index is 692. The maximum Gasteiger partial charge on any atom is 0.358 e. The highest BCUT2D eigenvalue weighted by molar-refractivity contribution is 7.14. The number of aromatic nitrogens is 1. The molecule has 0 N–H and O–H groups in total. The minimum absolute atomic E-state index is 0.229. The number of ether oxygens (including phenoxy) is 1. The lowest BCUT2D eigenvalue weighted by molar-refractivity contribution is -0.133. The first-order valence-electron chi connectivity index (χ1n) is 7.08. The molecule has 0 aliphatic heterocycles. The van der Waals surface area contributed by atoms with Gasteiger partial charge in [0.15, 0.2) is 12.3 Å². The van der Waals surface area contributed by atoms with Crippen LogP contribution in [0, 0.1) is 0 Å². The van der Waals surface area contributed by atoms with Crippen molar-refractivity contribution in [3.63, 3.8) is 0 Å². The van der Waals surface area contributed by atoms with Crippen LogP contribution in [-0.4, -0.2) is 41.5 Å². The number of esters is 1. The molecule has 0 saturated carbocycles. The van der Waals surface area contributed by atoms with Gasteiger partial charge in [-0.05, 0) is 25.3 Å². The van der Waals surface area contributed by atoms with Gasteiger partial charge in [0.1, 0.15) is 5.01 Å². The van der Waals surface area contributed by atoms with Crippen molar-refractivity contribution in [3.05, 3.63) is 40.1 Å². The molecule has 2 rings (SSSR count). The molecule has 0 saturated heterocycles. The minimum atomic E-state index is -0.581. The van der Waals surface area contributed by atoms with Gasteiger partial charge in [-0.2, -0.15) is 11.3 Å². The van der Waals surface area contributed by atoms with Crippen molar-refractivity contribution in [1.29, 1.82) is 0 Å². The summed E-state index contributed by atoms with van der Waals surface area (Å²) in [5.41, 5.74) is 2.09. The Morgan fingerprint density at radius 2 is 2.17 bits per heavy atom. The van der Waals surface area contributed by atoms with Crippen molar-refractivity contribution in [1.82, 2.24) is 9.88 Å². The third-order valence-electron chi connectivity index (χ3n) is 3.00. The summed E-state index contributed by atoms with van der Waals surface area (Å²) in [6.07, 6.45) is 0. The van der Waals surface area contributed by atoms with Gasteiger partial charge in [-0.15, -0.1) is 11.3 Å². The molecule has 122 valence electrons. The Kier molecular flexibility index (Phi) is 6.06. The standard InChI is InChI=1S/C16H18N2O3S2/c1-4-18(7-11(2)3)14(19)8-21-16(20)13-10-23-15(17-13)12-5-6-22-9-12/h5-6,9-10H,2,4,7-8H2,1,3H3. The van der Waals surface area contributed by atoms with Crippen molar-refractivity contribution in [3.8, 4) is 10.6 Å². The molecule has 0 bridgehead atoms. The number of thiazole rings is 1. The van der Waals surface area contributed by atoms with Crippen LogP contribution in [0.1, 0.15) is 24.3 Å². The van der Waals surface area contributed by atoms with Crippen LogP contribution in [-0.2, 0) is 9.53 Å². The molecule has 23 heavy (non-hydrogen) atoms. The smallest absolute Gasteiger partial charge is 0.358 e. The van der Waals surface area contributed by atoms with Crippen molar-refractivity contribution in [2.24, 2.45) is 0 Å². The normalized spacial score (nSPS) is 10.3. The fourth-order valence-electron chi connectivity index (χ4n) is 1.88. The van der Waals surface area contributed by atoms with E-state index in [1.54, 1.807) is 21.6 Å². The Balaban J connectivity index is 1.92. The highest BCUT2D eigenvalue weighted by Crippen LogP contribution is 2.25. The first-order chi connectivity index (χ1) is 11.0. The highest BCUT2D eigenvalue weighted by atomic mass is 32.1. The summed E-state index contributed by atoms with van der Waals surface area (Å²) in [5, 5.41) is 6.33. The molecule has 0 spiro atoms. The van der Waals surface area contributed by atoms with E-state index in [2.05, 4.69) is 11.6 Å². The minimum Gasteiger partial charge on any atom is -0.451 e. The number of thiophene rings is 1. The van der Waals surface area contributed by atoms with Crippen LogP contribution in [0.3, 0.4) is 0 Å². The molecule has 0 atom stereocenters. The Morgan fingerprint density at radius 1 is 1.39 bits per heavy atom. The summed E-state index contributed by atoms with van der Waals surface area (Å²) < 4.78 is 5.07. The predicted octanol–water partition coefficient (Wildman–Crippen LogP) is 3.45. The quantitative estimate of drug-likeness (QED) is 0.567. The van der Waals surface area contributed by atoms with Crippen LogP contribution in [0.4, 0.5) is 0 Å². The maximum atomic E-state index is 12.0. The first kappa shape index (κ1) is 17.4. The van der Waals surface area contributed by atoms with Gasteiger partial charge in [0.2, 0.25) is 0 Å². The third kappa shape index (κ3) is 4.74. The zero-order valence-corrected chi connectivity index (χ0v) is 14.7. The number of hydrogen-bond donors (Lipinski definition) is 0. The number of hydrogen-bond acceptors (Lipinski definition) is 6. The van der Waals surface area contributed by atoms with Crippen LogP contribution < -0.4 is 0 Å². The summed E-state index contributed by atoms with van der Waals surface area (Å²) >= 11 is 2.95. The number of carbonyl (C=O) groups is 2. The summed E-state index contributed by atoms with van der Waals surface area (Å²) in [4.78, 5) is 29.9. The average molecular weight is 350 g/mol. The van der Waals surface area contributed by atoms with Crippen molar-refractivity contribution >= 4 is 34.6 Å². The van der Waals surface area contributed by atoms with Crippen LogP contribution in [0.2, 0.25) is 0 Å². The molecule has 0 unspecified atom stereocenters. The van der Waals surface area contributed by atoms with Crippen LogP contribution in [0.15, 0.2) is 34.4 Å². The second-order valence-corrected chi connectivity index (χ2v) is 6.63. The lowest BCUT2D eigenvalue weighted by Crippen LogP contribution is -2.35. The molecule has 2 heterocycles. The van der Waals surface area contributed by atoms with Crippen LogP contribution in [0.5, 0.6) is 0 Å². The Hall–Kier alpha value is -1.99. The molecule has 0 aliphatic carbocycles. The fraction of sp³-hybridized carbons (Fsp3) is 0.312. The topological polar surface area (TPSA) is 59.5 Å². The van der Waals surface area contributed by atoms with E-state index in [0.29, 0.717) is 13.1 Å². The molecule has 2 aromatic heterocycles. The van der Waals surface area contributed by atoms with E-state index in [0.717, 1.165) is 16.1 Å². The van der Waals surface area contributed by atoms with Gasteiger partial charge < -0.3 is 9.64 Å². The van der Waals surface area contributed by atoms with Gasteiger partial charge in [-0.3, -0.25) is 4.79 Å². The van der Waals surface area contributed by atoms with E-state index in [9.17, 15) is 9.59 Å². The lowest BCUT2D eigenvalue weighted by Gasteiger charge is -2.20. The fourth-order valence-corrected chi connectivity index (χ4v) is 3.38. The predicted molar refractivity (Wildman–Crippen MR) is 92.8 cm³/mol. The number of carbonyl (C=O) groups excluding carboxylic acids is 2.